The van der Waals surface area contributed by atoms with Crippen molar-refractivity contribution in [2.45, 2.75) is 39.7 Å². The van der Waals surface area contributed by atoms with E-state index >= 15 is 0 Å². The fourth-order valence-electron chi connectivity index (χ4n) is 3.95. The number of benzene rings is 3. The molecule has 0 saturated carbocycles. The largest absolute Gasteiger partial charge is 0.490 e. The normalized spacial score (nSPS) is 14.7. The molecule has 39 heavy (non-hydrogen) atoms. The van der Waals surface area contributed by atoms with E-state index in [-0.39, 0.29) is 23.1 Å². The molecule has 6 nitrogen and oxygen atoms in total. The Bertz CT molecular complexity index is 1360. The van der Waals surface area contributed by atoms with Crippen LogP contribution in [0.3, 0.4) is 0 Å². The van der Waals surface area contributed by atoms with Gasteiger partial charge in [-0.05, 0) is 77.2 Å². The third-order valence-corrected chi connectivity index (χ3v) is 7.74. The summed E-state index contributed by atoms with van der Waals surface area (Å²) in [6.07, 6.45) is 1.71. The molecule has 0 spiro atoms. The summed E-state index contributed by atoms with van der Waals surface area (Å²) in [6.45, 7) is 9.83. The van der Waals surface area contributed by atoms with Crippen LogP contribution in [0.5, 0.6) is 17.2 Å². The number of carbonyl (C=O) groups excluding carboxylic acids is 2. The average Bonchev–Trinajstić information content (AvgIpc) is 3.16. The highest BCUT2D eigenvalue weighted by atomic mass is 79.9. The van der Waals surface area contributed by atoms with E-state index in [1.165, 1.54) is 10.5 Å². The number of rotatable bonds is 10. The fourth-order valence-corrected chi connectivity index (χ4v) is 5.20. The van der Waals surface area contributed by atoms with Gasteiger partial charge in [0.2, 0.25) is 0 Å². The summed E-state index contributed by atoms with van der Waals surface area (Å²) in [5.41, 5.74) is 2.96. The number of amides is 2. The molecule has 1 saturated heterocycles. The third-order valence-electron chi connectivity index (χ3n) is 6.06. The quantitative estimate of drug-likeness (QED) is 0.172. The van der Waals surface area contributed by atoms with Gasteiger partial charge in [0, 0.05) is 4.47 Å². The van der Waals surface area contributed by atoms with Gasteiger partial charge < -0.3 is 14.2 Å². The number of halogens is 1. The predicted octanol–water partition coefficient (Wildman–Crippen LogP) is 7.84. The lowest BCUT2D eigenvalue weighted by molar-refractivity contribution is -0.123. The molecule has 0 N–H and O–H groups in total. The topological polar surface area (TPSA) is 65.1 Å². The molecule has 2 amide bonds. The lowest BCUT2D eigenvalue weighted by atomic mass is 9.87. The molecule has 0 atom stereocenters. The van der Waals surface area contributed by atoms with Crippen molar-refractivity contribution in [3.8, 4) is 17.2 Å². The number of carbonyl (C=O) groups is 2. The van der Waals surface area contributed by atoms with E-state index in [1.54, 1.807) is 12.1 Å². The minimum Gasteiger partial charge on any atom is -0.490 e. The number of hydrogen-bond acceptors (Lipinski definition) is 6. The molecular formula is C31H32BrNO5S. The van der Waals surface area contributed by atoms with Crippen LogP contribution in [0.15, 0.2) is 76.1 Å². The summed E-state index contributed by atoms with van der Waals surface area (Å²) >= 11 is 4.42. The Hall–Kier alpha value is -3.23. The molecule has 1 heterocycles. The average molecular weight is 611 g/mol. The summed E-state index contributed by atoms with van der Waals surface area (Å²) in [5, 5.41) is -0.292. The highest BCUT2D eigenvalue weighted by molar-refractivity contribution is 9.10. The second-order valence-corrected chi connectivity index (χ2v) is 11.8. The van der Waals surface area contributed by atoms with Gasteiger partial charge in [-0.1, -0.05) is 73.1 Å². The number of hydrogen-bond donors (Lipinski definition) is 0. The highest BCUT2D eigenvalue weighted by Crippen LogP contribution is 2.36. The Labute approximate surface area is 242 Å². The molecule has 1 aliphatic heterocycles. The first-order chi connectivity index (χ1) is 18.7. The third kappa shape index (κ3) is 7.46. The molecule has 3 aromatic carbocycles. The minimum atomic E-state index is -0.313. The van der Waals surface area contributed by atoms with Gasteiger partial charge in [0.05, 0.1) is 18.1 Å². The van der Waals surface area contributed by atoms with Crippen molar-refractivity contribution >= 4 is 44.9 Å². The SMILES string of the molecule is CCOc1cc(/C=C2\SC(=O)N(Cc3ccccc3Br)C2=O)ccc1OCCOc1ccc(C(C)(C)C)cc1. The van der Waals surface area contributed by atoms with Crippen molar-refractivity contribution in [1.82, 2.24) is 4.90 Å². The fraction of sp³-hybridized carbons (Fsp3) is 0.290. The van der Waals surface area contributed by atoms with Crippen LogP contribution in [-0.2, 0) is 16.8 Å². The Morgan fingerprint density at radius 3 is 2.31 bits per heavy atom. The monoisotopic (exact) mass is 609 g/mol. The van der Waals surface area contributed by atoms with Gasteiger partial charge in [0.25, 0.3) is 11.1 Å². The Morgan fingerprint density at radius 2 is 1.62 bits per heavy atom. The smallest absolute Gasteiger partial charge is 0.293 e. The molecule has 0 unspecified atom stereocenters. The molecule has 8 heteroatoms. The summed E-state index contributed by atoms with van der Waals surface area (Å²) in [5.74, 6) is 1.63. The van der Waals surface area contributed by atoms with Crippen molar-refractivity contribution in [3.63, 3.8) is 0 Å². The van der Waals surface area contributed by atoms with Crippen LogP contribution < -0.4 is 14.2 Å². The standard InChI is InChI=1S/C31H32BrNO5S/c1-5-36-27-18-21(19-28-29(34)33(30(35)39-28)20-22-8-6-7-9-25(22)32)10-15-26(27)38-17-16-37-24-13-11-23(12-14-24)31(2,3)4/h6-15,18-19H,5,16-17,20H2,1-4H3/b28-19-. The molecule has 0 aliphatic carbocycles. The first-order valence-electron chi connectivity index (χ1n) is 12.8. The van der Waals surface area contributed by atoms with Crippen LogP contribution in [0.2, 0.25) is 0 Å². The molecule has 0 aromatic heterocycles. The zero-order valence-electron chi connectivity index (χ0n) is 22.5. The van der Waals surface area contributed by atoms with Crippen LogP contribution in [0.25, 0.3) is 6.08 Å². The molecule has 3 aromatic rings. The van der Waals surface area contributed by atoms with E-state index in [9.17, 15) is 9.59 Å². The number of imide groups is 1. The van der Waals surface area contributed by atoms with Gasteiger partial charge in [-0.2, -0.15) is 0 Å². The van der Waals surface area contributed by atoms with Crippen LogP contribution in [0.4, 0.5) is 4.79 Å². The van der Waals surface area contributed by atoms with Crippen molar-refractivity contribution < 1.29 is 23.8 Å². The lowest BCUT2D eigenvalue weighted by Gasteiger charge is -2.19. The molecule has 1 aliphatic rings. The molecule has 4 rings (SSSR count). The van der Waals surface area contributed by atoms with Gasteiger partial charge in [-0.15, -0.1) is 0 Å². The minimum absolute atomic E-state index is 0.0949. The molecule has 204 valence electrons. The Kier molecular flexibility index (Phi) is 9.40. The summed E-state index contributed by atoms with van der Waals surface area (Å²) in [4.78, 5) is 27.2. The highest BCUT2D eigenvalue weighted by Gasteiger charge is 2.35. The van der Waals surface area contributed by atoms with E-state index < -0.39 is 0 Å². The van der Waals surface area contributed by atoms with E-state index in [1.807, 2.05) is 55.5 Å². The van der Waals surface area contributed by atoms with E-state index in [2.05, 4.69) is 48.8 Å². The Balaban J connectivity index is 1.38. The molecule has 0 radical (unpaired) electrons. The second kappa shape index (κ2) is 12.7. The second-order valence-electron chi connectivity index (χ2n) is 9.97. The zero-order chi connectivity index (χ0) is 28.0. The maximum absolute atomic E-state index is 13.0. The predicted molar refractivity (Wildman–Crippen MR) is 159 cm³/mol. The van der Waals surface area contributed by atoms with Gasteiger partial charge in [-0.25, -0.2) is 0 Å². The van der Waals surface area contributed by atoms with Crippen molar-refractivity contribution in [2.75, 3.05) is 19.8 Å². The lowest BCUT2D eigenvalue weighted by Crippen LogP contribution is -2.27. The van der Waals surface area contributed by atoms with E-state index in [0.717, 1.165) is 33.1 Å². The number of ether oxygens (including phenoxy) is 3. The van der Waals surface area contributed by atoms with E-state index in [0.29, 0.717) is 36.2 Å². The summed E-state index contributed by atoms with van der Waals surface area (Å²) in [6, 6.07) is 21.1. The summed E-state index contributed by atoms with van der Waals surface area (Å²) < 4.78 is 18.4. The van der Waals surface area contributed by atoms with Crippen molar-refractivity contribution in [1.29, 1.82) is 0 Å². The maximum atomic E-state index is 13.0. The Morgan fingerprint density at radius 1 is 0.897 bits per heavy atom. The molecular weight excluding hydrogens is 578 g/mol. The van der Waals surface area contributed by atoms with Crippen LogP contribution in [0, 0.1) is 0 Å². The van der Waals surface area contributed by atoms with Crippen LogP contribution >= 0.6 is 27.7 Å². The zero-order valence-corrected chi connectivity index (χ0v) is 24.9. The first kappa shape index (κ1) is 28.8. The first-order valence-corrected chi connectivity index (χ1v) is 14.4. The van der Waals surface area contributed by atoms with Crippen LogP contribution in [0.1, 0.15) is 44.4 Å². The van der Waals surface area contributed by atoms with Crippen molar-refractivity contribution in [3.05, 3.63) is 92.8 Å². The summed E-state index contributed by atoms with van der Waals surface area (Å²) in [7, 11) is 0. The van der Waals surface area contributed by atoms with Gasteiger partial charge in [0.15, 0.2) is 11.5 Å². The number of thioether (sulfide) groups is 1. The van der Waals surface area contributed by atoms with Crippen LogP contribution in [-0.4, -0.2) is 35.9 Å². The van der Waals surface area contributed by atoms with E-state index in [4.69, 9.17) is 14.2 Å². The molecule has 0 bridgehead atoms. The van der Waals surface area contributed by atoms with Crippen molar-refractivity contribution in [2.24, 2.45) is 0 Å². The molecule has 1 fully saturated rings. The maximum Gasteiger partial charge on any atom is 0.293 e. The van der Waals surface area contributed by atoms with Gasteiger partial charge in [0.1, 0.15) is 19.0 Å². The van der Waals surface area contributed by atoms with Gasteiger partial charge in [-0.3, -0.25) is 14.5 Å². The van der Waals surface area contributed by atoms with Gasteiger partial charge >= 0.3 is 0 Å². The number of nitrogens with zero attached hydrogens (tertiary/aromatic N) is 1.